The molecule has 8 aromatic carbocycles. The summed E-state index contributed by atoms with van der Waals surface area (Å²) in [6.45, 7) is 22.0. The summed E-state index contributed by atoms with van der Waals surface area (Å²) in [7, 11) is 2.16. The number of para-hydroxylation sites is 2. The molecule has 0 saturated heterocycles. The molecular weight excluding hydrogens is 897 g/mol. The Kier molecular flexibility index (Phi) is 11.3. The van der Waals surface area contributed by atoms with E-state index >= 15 is 0 Å². The van der Waals surface area contributed by atoms with Gasteiger partial charge in [-0.2, -0.15) is 0 Å². The van der Waals surface area contributed by atoms with Crippen molar-refractivity contribution >= 4 is 66.6 Å². The average Bonchev–Trinajstić information content (AvgIpc) is 3.86. The SMILES string of the molecule is C=C/C=C1\C(=C)C(C)(C)c2cc(N(C3=CCC(C)(c4ccc5c(c4)N(C)C(C=C)=C(/C=C\C)N5c4ccc(-c5ccc6c(c5)c5ccccc5n6-c5ccccc5)cc4)C=C3)c3cccc4ccccc34)ccc21. The lowest BCUT2D eigenvalue weighted by Crippen LogP contribution is -2.31. The monoisotopic (exact) mass is 956 g/mol. The van der Waals surface area contributed by atoms with Gasteiger partial charge in [-0.1, -0.05) is 174 Å². The number of likely N-dealkylation sites (N-methyl/N-ethyl adjacent to an activating group) is 1. The van der Waals surface area contributed by atoms with Crippen LogP contribution in [-0.2, 0) is 10.8 Å². The van der Waals surface area contributed by atoms with Crippen molar-refractivity contribution in [2.75, 3.05) is 21.7 Å². The van der Waals surface area contributed by atoms with Crippen LogP contribution in [0, 0.1) is 0 Å². The van der Waals surface area contributed by atoms with Crippen molar-refractivity contribution < 1.29 is 0 Å². The summed E-state index contributed by atoms with van der Waals surface area (Å²) in [6, 6.07) is 64.6. The van der Waals surface area contributed by atoms with Gasteiger partial charge >= 0.3 is 0 Å². The Balaban J connectivity index is 0.895. The van der Waals surface area contributed by atoms with E-state index < -0.39 is 0 Å². The van der Waals surface area contributed by atoms with Crippen molar-refractivity contribution in [3.63, 3.8) is 0 Å². The summed E-state index contributed by atoms with van der Waals surface area (Å²) >= 11 is 0. The van der Waals surface area contributed by atoms with Crippen molar-refractivity contribution in [3.05, 3.63) is 284 Å². The predicted octanol–water partition coefficient (Wildman–Crippen LogP) is 18.5. The minimum Gasteiger partial charge on any atom is -0.341 e. The normalized spacial score (nSPS) is 17.7. The van der Waals surface area contributed by atoms with E-state index in [0.29, 0.717) is 0 Å². The highest BCUT2D eigenvalue weighted by Crippen LogP contribution is 2.52. The lowest BCUT2D eigenvalue weighted by Gasteiger charge is -2.40. The third-order valence-electron chi connectivity index (χ3n) is 16.0. The second-order valence-corrected chi connectivity index (χ2v) is 20.6. The van der Waals surface area contributed by atoms with Crippen molar-refractivity contribution in [2.24, 2.45) is 0 Å². The largest absolute Gasteiger partial charge is 0.341 e. The van der Waals surface area contributed by atoms with Crippen LogP contribution in [0.5, 0.6) is 0 Å². The second-order valence-electron chi connectivity index (χ2n) is 20.6. The molecule has 3 aliphatic rings. The van der Waals surface area contributed by atoms with Crippen molar-refractivity contribution in [2.45, 2.75) is 44.9 Å². The molecule has 1 unspecified atom stereocenters. The van der Waals surface area contributed by atoms with E-state index in [4.69, 9.17) is 0 Å². The van der Waals surface area contributed by atoms with Crippen LogP contribution >= 0.6 is 0 Å². The fourth-order valence-electron chi connectivity index (χ4n) is 11.9. The summed E-state index contributed by atoms with van der Waals surface area (Å²) in [5.74, 6) is 0. The van der Waals surface area contributed by atoms with Crippen LogP contribution in [0.2, 0.25) is 0 Å². The van der Waals surface area contributed by atoms with Gasteiger partial charge in [0.05, 0.1) is 39.5 Å². The van der Waals surface area contributed by atoms with Gasteiger partial charge in [-0.25, -0.2) is 0 Å². The number of anilines is 5. The molecule has 12 rings (SSSR count). The number of fused-ring (bicyclic) bond motifs is 6. The molecule has 0 radical (unpaired) electrons. The molecular formula is C70H60N4. The minimum absolute atomic E-state index is 0.226. The molecule has 2 heterocycles. The summed E-state index contributed by atoms with van der Waals surface area (Å²) in [5, 5.41) is 4.90. The molecule has 4 nitrogen and oxygen atoms in total. The predicted molar refractivity (Wildman–Crippen MR) is 317 cm³/mol. The Morgan fingerprint density at radius 1 is 0.635 bits per heavy atom. The number of aromatic nitrogens is 1. The zero-order valence-corrected chi connectivity index (χ0v) is 43.0. The molecule has 1 aromatic heterocycles. The van der Waals surface area contributed by atoms with Gasteiger partial charge in [-0.15, -0.1) is 0 Å². The Morgan fingerprint density at radius 2 is 1.36 bits per heavy atom. The van der Waals surface area contributed by atoms with Crippen molar-refractivity contribution in [1.82, 2.24) is 4.57 Å². The van der Waals surface area contributed by atoms with Gasteiger partial charge in [0, 0.05) is 56.8 Å². The van der Waals surface area contributed by atoms with E-state index in [2.05, 4.69) is 286 Å². The van der Waals surface area contributed by atoms with E-state index in [0.717, 1.165) is 68.8 Å². The first-order valence-corrected chi connectivity index (χ1v) is 25.7. The number of hydrogen-bond donors (Lipinski definition) is 0. The highest BCUT2D eigenvalue weighted by Gasteiger charge is 2.38. The molecule has 1 atom stereocenters. The average molecular weight is 957 g/mol. The molecule has 0 fully saturated rings. The molecule has 9 aromatic rings. The maximum absolute atomic E-state index is 4.57. The highest BCUT2D eigenvalue weighted by atomic mass is 15.3. The first-order chi connectivity index (χ1) is 36.0. The van der Waals surface area contributed by atoms with Gasteiger partial charge in [-0.05, 0) is 149 Å². The lowest BCUT2D eigenvalue weighted by molar-refractivity contribution is 0.595. The van der Waals surface area contributed by atoms with Gasteiger partial charge in [0.2, 0.25) is 0 Å². The van der Waals surface area contributed by atoms with Crippen LogP contribution in [-0.4, -0.2) is 11.6 Å². The quantitative estimate of drug-likeness (QED) is 0.136. The third kappa shape index (κ3) is 7.35. The van der Waals surface area contributed by atoms with Crippen LogP contribution in [0.1, 0.15) is 50.8 Å². The van der Waals surface area contributed by atoms with Crippen molar-refractivity contribution in [3.8, 4) is 16.8 Å². The number of rotatable bonds is 10. The fraction of sp³-hybridized carbons (Fsp3) is 0.114. The van der Waals surface area contributed by atoms with Crippen LogP contribution in [0.25, 0.3) is 55.0 Å². The molecule has 74 heavy (non-hydrogen) atoms. The van der Waals surface area contributed by atoms with Crippen LogP contribution in [0.4, 0.5) is 28.4 Å². The smallest absolute Gasteiger partial charge is 0.0699 e. The molecule has 1 aliphatic heterocycles. The highest BCUT2D eigenvalue weighted by molar-refractivity contribution is 6.10. The molecule has 0 saturated carbocycles. The Morgan fingerprint density at radius 3 is 2.12 bits per heavy atom. The lowest BCUT2D eigenvalue weighted by atomic mass is 9.76. The summed E-state index contributed by atoms with van der Waals surface area (Å²) in [4.78, 5) is 7.13. The Labute approximate surface area is 436 Å². The standard InChI is InChI=1S/C70H60N4/c1-9-20-56-47(4)69(5,6)61-46-55(36-37-58(56)61)72(63-29-19-23-49-22-15-16-26-57(49)63)54-40-42-70(7,43-41-54)51-33-39-67-68(45-51)71(8)62(11-3)66(21-10-2)74(67)53-34-30-48(31-35-53)50-32-38-65-60(44-50)59-27-17-18-28-64(59)73(65)52-24-13-12-14-25-52/h9-42,44-46H,1,3-4,43H2,2,5-8H3/b21-10-,56-20+. The van der Waals surface area contributed by atoms with Crippen LogP contribution in [0.15, 0.2) is 267 Å². The number of allylic oxidation sites excluding steroid dienone is 10. The fourth-order valence-corrected chi connectivity index (χ4v) is 11.9. The zero-order chi connectivity index (χ0) is 50.9. The van der Waals surface area contributed by atoms with Crippen LogP contribution in [0.3, 0.4) is 0 Å². The molecule has 0 spiro atoms. The van der Waals surface area contributed by atoms with Gasteiger partial charge in [0.25, 0.3) is 0 Å². The molecule has 4 heteroatoms. The van der Waals surface area contributed by atoms with Gasteiger partial charge in [0.1, 0.15) is 0 Å². The Hall–Kier alpha value is -8.86. The first kappa shape index (κ1) is 46.2. The summed E-state index contributed by atoms with van der Waals surface area (Å²) < 4.78 is 2.37. The number of hydrogen-bond acceptors (Lipinski definition) is 3. The van der Waals surface area contributed by atoms with E-state index in [1.165, 1.54) is 60.4 Å². The number of benzene rings is 8. The third-order valence-corrected chi connectivity index (χ3v) is 16.0. The van der Waals surface area contributed by atoms with Crippen molar-refractivity contribution in [1.29, 1.82) is 0 Å². The zero-order valence-electron chi connectivity index (χ0n) is 43.0. The van der Waals surface area contributed by atoms with E-state index in [1.54, 1.807) is 0 Å². The molecule has 360 valence electrons. The number of nitrogens with zero attached hydrogens (tertiary/aromatic N) is 4. The summed E-state index contributed by atoms with van der Waals surface area (Å²) in [5.41, 5.74) is 20.3. The topological polar surface area (TPSA) is 14.7 Å². The molecule has 0 N–H and O–H groups in total. The van der Waals surface area contributed by atoms with Gasteiger partial charge in [0.15, 0.2) is 0 Å². The van der Waals surface area contributed by atoms with Gasteiger partial charge < -0.3 is 19.3 Å². The van der Waals surface area contributed by atoms with Crippen LogP contribution < -0.4 is 14.7 Å². The maximum atomic E-state index is 4.57. The van der Waals surface area contributed by atoms with E-state index in [9.17, 15) is 0 Å². The Bertz CT molecular complexity index is 3940. The molecule has 0 bridgehead atoms. The second kappa shape index (κ2) is 18.0. The van der Waals surface area contributed by atoms with Gasteiger partial charge in [-0.3, -0.25) is 0 Å². The summed E-state index contributed by atoms with van der Waals surface area (Å²) in [6.07, 6.45) is 18.3. The maximum Gasteiger partial charge on any atom is 0.0699 e. The molecule has 0 amide bonds. The molecule has 2 aliphatic carbocycles. The minimum atomic E-state index is -0.269. The van der Waals surface area contributed by atoms with E-state index in [1.807, 2.05) is 12.2 Å². The first-order valence-electron chi connectivity index (χ1n) is 25.7. The van der Waals surface area contributed by atoms with E-state index in [-0.39, 0.29) is 10.8 Å².